The van der Waals surface area contributed by atoms with E-state index in [4.69, 9.17) is 25.8 Å². The molecule has 0 aromatic heterocycles. The van der Waals surface area contributed by atoms with Gasteiger partial charge in [-0.15, -0.1) is 0 Å². The SMILES string of the molecule is CCOC(=O)CN1C(=O)SC(=Cc2cc(Cl)c(OCc3cccc(C)c3)c(OC)c2)C1=O. The van der Waals surface area contributed by atoms with Gasteiger partial charge in [-0.25, -0.2) is 0 Å². The van der Waals surface area contributed by atoms with Crippen molar-refractivity contribution in [1.82, 2.24) is 4.90 Å². The summed E-state index contributed by atoms with van der Waals surface area (Å²) in [6.07, 6.45) is 1.52. The van der Waals surface area contributed by atoms with Gasteiger partial charge in [-0.3, -0.25) is 19.3 Å². The summed E-state index contributed by atoms with van der Waals surface area (Å²) in [5, 5.41) is -0.237. The third-order valence-electron chi connectivity index (χ3n) is 4.48. The number of rotatable bonds is 8. The molecule has 0 radical (unpaired) electrons. The smallest absolute Gasteiger partial charge is 0.326 e. The van der Waals surface area contributed by atoms with Crippen LogP contribution < -0.4 is 9.47 Å². The number of hydrogen-bond acceptors (Lipinski definition) is 7. The number of carbonyl (C=O) groups is 3. The van der Waals surface area contributed by atoms with Crippen molar-refractivity contribution >= 4 is 46.6 Å². The first-order valence-electron chi connectivity index (χ1n) is 9.79. The molecule has 1 heterocycles. The summed E-state index contributed by atoms with van der Waals surface area (Å²) in [5.41, 5.74) is 2.66. The number of nitrogens with zero attached hydrogens (tertiary/aromatic N) is 1. The van der Waals surface area contributed by atoms with Gasteiger partial charge >= 0.3 is 5.97 Å². The lowest BCUT2D eigenvalue weighted by Crippen LogP contribution is -2.34. The monoisotopic (exact) mass is 475 g/mol. The molecule has 2 amide bonds. The minimum Gasteiger partial charge on any atom is -0.493 e. The molecular weight excluding hydrogens is 454 g/mol. The Labute approximate surface area is 195 Å². The maximum Gasteiger partial charge on any atom is 0.326 e. The van der Waals surface area contributed by atoms with Crippen molar-refractivity contribution in [1.29, 1.82) is 0 Å². The van der Waals surface area contributed by atoms with E-state index >= 15 is 0 Å². The Balaban J connectivity index is 1.79. The highest BCUT2D eigenvalue weighted by Crippen LogP contribution is 2.39. The number of ether oxygens (including phenoxy) is 3. The molecule has 9 heteroatoms. The highest BCUT2D eigenvalue weighted by molar-refractivity contribution is 8.18. The number of halogens is 1. The predicted octanol–water partition coefficient (Wildman–Crippen LogP) is 4.84. The Hall–Kier alpha value is -2.97. The van der Waals surface area contributed by atoms with Crippen molar-refractivity contribution in [2.45, 2.75) is 20.5 Å². The zero-order valence-electron chi connectivity index (χ0n) is 17.8. The van der Waals surface area contributed by atoms with Gasteiger partial charge in [-0.2, -0.15) is 0 Å². The Morgan fingerprint density at radius 1 is 1.22 bits per heavy atom. The first-order valence-corrected chi connectivity index (χ1v) is 11.0. The Bertz CT molecular complexity index is 1080. The van der Waals surface area contributed by atoms with Gasteiger partial charge in [0.2, 0.25) is 0 Å². The summed E-state index contributed by atoms with van der Waals surface area (Å²) < 4.78 is 16.1. The van der Waals surface area contributed by atoms with Gasteiger partial charge in [0.1, 0.15) is 13.2 Å². The van der Waals surface area contributed by atoms with Crippen LogP contribution in [0.15, 0.2) is 41.3 Å². The van der Waals surface area contributed by atoms with Crippen molar-refractivity contribution in [2.24, 2.45) is 0 Å². The van der Waals surface area contributed by atoms with Crippen LogP contribution in [-0.4, -0.2) is 42.3 Å². The predicted molar refractivity (Wildman–Crippen MR) is 123 cm³/mol. The summed E-state index contributed by atoms with van der Waals surface area (Å²) in [6.45, 7) is 3.70. The number of hydrogen-bond donors (Lipinski definition) is 0. The van der Waals surface area contributed by atoms with Crippen LogP contribution in [0.2, 0.25) is 5.02 Å². The quantitative estimate of drug-likeness (QED) is 0.399. The van der Waals surface area contributed by atoms with Gasteiger partial charge in [0.25, 0.3) is 11.1 Å². The lowest BCUT2D eigenvalue weighted by molar-refractivity contribution is -0.145. The average Bonchev–Trinajstić information content (AvgIpc) is 3.00. The van der Waals surface area contributed by atoms with Crippen LogP contribution >= 0.6 is 23.4 Å². The van der Waals surface area contributed by atoms with Crippen LogP contribution in [0, 0.1) is 6.92 Å². The second-order valence-corrected chi connectivity index (χ2v) is 8.29. The van der Waals surface area contributed by atoms with Crippen LogP contribution in [0.3, 0.4) is 0 Å². The Kier molecular flexibility index (Phi) is 7.82. The number of methoxy groups -OCH3 is 1. The normalized spacial score (nSPS) is 14.8. The van der Waals surface area contributed by atoms with Crippen LogP contribution in [0.25, 0.3) is 6.08 Å². The summed E-state index contributed by atoms with van der Waals surface area (Å²) in [4.78, 5) is 37.4. The van der Waals surface area contributed by atoms with E-state index in [2.05, 4.69) is 0 Å². The molecule has 0 bridgehead atoms. The zero-order valence-corrected chi connectivity index (χ0v) is 19.4. The fraction of sp³-hybridized carbons (Fsp3) is 0.261. The average molecular weight is 476 g/mol. The Morgan fingerprint density at radius 2 is 2.00 bits per heavy atom. The van der Waals surface area contributed by atoms with Crippen LogP contribution in [0.4, 0.5) is 4.79 Å². The molecule has 1 fully saturated rings. The second kappa shape index (κ2) is 10.6. The van der Waals surface area contributed by atoms with E-state index in [9.17, 15) is 14.4 Å². The zero-order chi connectivity index (χ0) is 23.3. The van der Waals surface area contributed by atoms with Crippen LogP contribution in [0.5, 0.6) is 11.5 Å². The molecule has 1 aliphatic heterocycles. The number of aryl methyl sites for hydroxylation is 1. The van der Waals surface area contributed by atoms with Gasteiger partial charge < -0.3 is 14.2 Å². The van der Waals surface area contributed by atoms with E-state index in [1.54, 1.807) is 19.1 Å². The van der Waals surface area contributed by atoms with Gasteiger partial charge in [0.15, 0.2) is 11.5 Å². The third-order valence-corrected chi connectivity index (χ3v) is 5.67. The van der Waals surface area contributed by atoms with Crippen molar-refractivity contribution in [3.63, 3.8) is 0 Å². The topological polar surface area (TPSA) is 82.1 Å². The number of thioether (sulfide) groups is 1. The molecule has 0 spiro atoms. The standard InChI is InChI=1S/C23H22ClNO6S/c1-4-30-20(26)12-25-22(27)19(32-23(25)28)11-16-9-17(24)21(18(10-16)29-3)31-13-15-7-5-6-14(2)8-15/h5-11H,4,12-13H2,1-3H3. The summed E-state index contributed by atoms with van der Waals surface area (Å²) in [7, 11) is 1.49. The lowest BCUT2D eigenvalue weighted by atomic mass is 10.1. The lowest BCUT2D eigenvalue weighted by Gasteiger charge is -2.14. The summed E-state index contributed by atoms with van der Waals surface area (Å²) >= 11 is 7.17. The highest BCUT2D eigenvalue weighted by atomic mass is 35.5. The first kappa shape index (κ1) is 23.7. The second-order valence-electron chi connectivity index (χ2n) is 6.88. The largest absolute Gasteiger partial charge is 0.493 e. The van der Waals surface area contributed by atoms with Crippen molar-refractivity contribution in [2.75, 3.05) is 20.3 Å². The maximum absolute atomic E-state index is 12.6. The Morgan fingerprint density at radius 3 is 2.69 bits per heavy atom. The van der Waals surface area contributed by atoms with Crippen molar-refractivity contribution in [3.05, 3.63) is 63.0 Å². The molecular formula is C23H22ClNO6S. The van der Waals surface area contributed by atoms with Crippen LogP contribution in [-0.2, 0) is 20.9 Å². The molecule has 3 rings (SSSR count). The van der Waals surface area contributed by atoms with E-state index < -0.39 is 23.7 Å². The number of benzene rings is 2. The van der Waals surface area contributed by atoms with E-state index in [1.807, 2.05) is 31.2 Å². The van der Waals surface area contributed by atoms with Crippen LogP contribution in [0.1, 0.15) is 23.6 Å². The maximum atomic E-state index is 12.6. The van der Waals surface area contributed by atoms with E-state index in [0.29, 0.717) is 28.7 Å². The van der Waals surface area contributed by atoms with Gasteiger partial charge in [-0.05, 0) is 54.9 Å². The van der Waals surface area contributed by atoms with Gasteiger partial charge in [-0.1, -0.05) is 41.4 Å². The van der Waals surface area contributed by atoms with Gasteiger partial charge in [0.05, 0.1) is 23.6 Å². The number of amides is 2. The molecule has 2 aromatic carbocycles. The molecule has 0 unspecified atom stereocenters. The molecule has 1 aliphatic rings. The molecule has 2 aromatic rings. The fourth-order valence-electron chi connectivity index (χ4n) is 3.04. The molecule has 32 heavy (non-hydrogen) atoms. The molecule has 0 atom stereocenters. The van der Waals surface area contributed by atoms with E-state index in [-0.39, 0.29) is 11.5 Å². The fourth-order valence-corrected chi connectivity index (χ4v) is 4.16. The molecule has 0 aliphatic carbocycles. The molecule has 0 N–H and O–H groups in total. The van der Waals surface area contributed by atoms with Crippen molar-refractivity contribution < 1.29 is 28.6 Å². The number of esters is 1. The number of carbonyl (C=O) groups excluding carboxylic acids is 3. The third kappa shape index (κ3) is 5.63. The highest BCUT2D eigenvalue weighted by Gasteiger charge is 2.36. The minimum atomic E-state index is -0.643. The van der Waals surface area contributed by atoms with Crippen molar-refractivity contribution in [3.8, 4) is 11.5 Å². The number of imide groups is 1. The molecule has 168 valence electrons. The van der Waals surface area contributed by atoms with E-state index in [0.717, 1.165) is 27.8 Å². The molecule has 1 saturated heterocycles. The summed E-state index contributed by atoms with van der Waals surface area (Å²) in [6, 6.07) is 11.2. The molecule has 7 nitrogen and oxygen atoms in total. The summed E-state index contributed by atoms with van der Waals surface area (Å²) in [5.74, 6) is -0.441. The van der Waals surface area contributed by atoms with E-state index in [1.165, 1.54) is 13.2 Å². The minimum absolute atomic E-state index is 0.168. The van der Waals surface area contributed by atoms with Gasteiger partial charge in [0, 0.05) is 0 Å². The molecule has 0 saturated carbocycles. The first-order chi connectivity index (χ1) is 15.3.